The summed E-state index contributed by atoms with van der Waals surface area (Å²) in [5, 5.41) is 8.22. The van der Waals surface area contributed by atoms with Crippen molar-refractivity contribution < 1.29 is 9.59 Å². The van der Waals surface area contributed by atoms with Crippen LogP contribution in [0.3, 0.4) is 0 Å². The van der Waals surface area contributed by atoms with Crippen LogP contribution in [0.25, 0.3) is 6.08 Å². The topological polar surface area (TPSA) is 61.4 Å². The van der Waals surface area contributed by atoms with Crippen molar-refractivity contribution in [1.82, 2.24) is 10.6 Å². The van der Waals surface area contributed by atoms with Gasteiger partial charge in [-0.3, -0.25) is 9.59 Å². The molecule has 3 aromatic rings. The highest BCUT2D eigenvalue weighted by Gasteiger charge is 2.23. The van der Waals surface area contributed by atoms with Crippen LogP contribution in [0.5, 0.6) is 0 Å². The second-order valence-electron chi connectivity index (χ2n) is 8.12. The highest BCUT2D eigenvalue weighted by atomic mass is 32.1. The van der Waals surface area contributed by atoms with Crippen molar-refractivity contribution >= 4 is 34.9 Å². The zero-order valence-corrected chi connectivity index (χ0v) is 19.4. The smallest absolute Gasteiger partial charge is 0.253 e. The molecule has 5 nitrogen and oxygen atoms in total. The standard InChI is InChI=1S/C27H29N3O2S/c31-26(13-12-21-7-2-1-3-8-21)29-22-15-18-30(19-16-22)25-11-5-4-10-24(25)27(32)28-17-14-23-9-6-20-33-23/h1-13,20,22H,14-19H2,(H,28,32)(H,29,31)/b13-12+. The summed E-state index contributed by atoms with van der Waals surface area (Å²) in [5.74, 6) is -0.105. The van der Waals surface area contributed by atoms with Crippen molar-refractivity contribution in [3.05, 3.63) is 94.2 Å². The van der Waals surface area contributed by atoms with Crippen molar-refractivity contribution in [3.8, 4) is 0 Å². The lowest BCUT2D eigenvalue weighted by Gasteiger charge is -2.34. The van der Waals surface area contributed by atoms with Crippen LogP contribution >= 0.6 is 11.3 Å². The highest BCUT2D eigenvalue weighted by Crippen LogP contribution is 2.24. The molecule has 0 unspecified atom stereocenters. The van der Waals surface area contributed by atoms with E-state index >= 15 is 0 Å². The summed E-state index contributed by atoms with van der Waals surface area (Å²) in [6, 6.07) is 21.8. The molecule has 1 aromatic heterocycles. The first-order chi connectivity index (χ1) is 16.2. The lowest BCUT2D eigenvalue weighted by molar-refractivity contribution is -0.117. The Labute approximate surface area is 199 Å². The van der Waals surface area contributed by atoms with Gasteiger partial charge in [0.15, 0.2) is 0 Å². The molecule has 0 bridgehead atoms. The average molecular weight is 460 g/mol. The molecule has 1 aliphatic rings. The van der Waals surface area contributed by atoms with Gasteiger partial charge in [-0.15, -0.1) is 11.3 Å². The van der Waals surface area contributed by atoms with E-state index < -0.39 is 0 Å². The van der Waals surface area contributed by atoms with Crippen LogP contribution in [0.1, 0.15) is 33.6 Å². The van der Waals surface area contributed by atoms with Gasteiger partial charge >= 0.3 is 0 Å². The predicted molar refractivity (Wildman–Crippen MR) is 136 cm³/mol. The third-order valence-corrected chi connectivity index (χ3v) is 6.73. The Morgan fingerprint density at radius 2 is 1.73 bits per heavy atom. The molecule has 4 rings (SSSR count). The summed E-state index contributed by atoms with van der Waals surface area (Å²) < 4.78 is 0. The Bertz CT molecular complexity index is 1070. The molecule has 1 saturated heterocycles. The van der Waals surface area contributed by atoms with Crippen LogP contribution in [0.15, 0.2) is 78.2 Å². The van der Waals surface area contributed by atoms with Crippen LogP contribution in [0.2, 0.25) is 0 Å². The number of benzene rings is 2. The van der Waals surface area contributed by atoms with E-state index in [4.69, 9.17) is 0 Å². The van der Waals surface area contributed by atoms with Gasteiger partial charge < -0.3 is 15.5 Å². The van der Waals surface area contributed by atoms with E-state index in [1.807, 2.05) is 66.7 Å². The SMILES string of the molecule is O=C(/C=C/c1ccccc1)NC1CCN(c2ccccc2C(=O)NCCc2cccs2)CC1. The Balaban J connectivity index is 1.28. The monoisotopic (exact) mass is 459 g/mol. The summed E-state index contributed by atoms with van der Waals surface area (Å²) in [5.41, 5.74) is 2.67. The quantitative estimate of drug-likeness (QED) is 0.487. The number of nitrogens with one attached hydrogen (secondary N) is 2. The number of para-hydroxylation sites is 1. The van der Waals surface area contributed by atoms with E-state index in [9.17, 15) is 9.59 Å². The normalized spacial score (nSPS) is 14.4. The molecule has 6 heteroatoms. The number of hydrogen-bond donors (Lipinski definition) is 2. The largest absolute Gasteiger partial charge is 0.371 e. The van der Waals surface area contributed by atoms with E-state index in [0.29, 0.717) is 12.1 Å². The molecule has 2 heterocycles. The molecule has 1 fully saturated rings. The maximum absolute atomic E-state index is 12.8. The second kappa shape index (κ2) is 11.5. The molecule has 170 valence electrons. The third-order valence-electron chi connectivity index (χ3n) is 5.79. The minimum Gasteiger partial charge on any atom is -0.371 e. The number of thiophene rings is 1. The second-order valence-corrected chi connectivity index (χ2v) is 9.15. The van der Waals surface area contributed by atoms with Gasteiger partial charge in [0, 0.05) is 42.3 Å². The molecular formula is C27H29N3O2S. The molecule has 33 heavy (non-hydrogen) atoms. The number of piperidine rings is 1. The zero-order valence-electron chi connectivity index (χ0n) is 18.6. The maximum Gasteiger partial charge on any atom is 0.253 e. The van der Waals surface area contributed by atoms with Crippen LogP contribution in [0.4, 0.5) is 5.69 Å². The molecule has 2 aromatic carbocycles. The third kappa shape index (κ3) is 6.56. The Kier molecular flexibility index (Phi) is 7.93. The van der Waals surface area contributed by atoms with Crippen molar-refractivity contribution in [2.45, 2.75) is 25.3 Å². The Hall–Kier alpha value is -3.38. The average Bonchev–Trinajstić information content (AvgIpc) is 3.37. The first-order valence-corrected chi connectivity index (χ1v) is 12.3. The maximum atomic E-state index is 12.8. The fourth-order valence-corrected chi connectivity index (χ4v) is 4.75. The summed E-state index contributed by atoms with van der Waals surface area (Å²) in [6.07, 6.45) is 5.96. The number of hydrogen-bond acceptors (Lipinski definition) is 4. The van der Waals surface area contributed by atoms with E-state index in [2.05, 4.69) is 27.0 Å². The van der Waals surface area contributed by atoms with E-state index in [-0.39, 0.29) is 17.9 Å². The van der Waals surface area contributed by atoms with Gasteiger partial charge in [-0.05, 0) is 54.5 Å². The molecule has 0 spiro atoms. The Morgan fingerprint density at radius 3 is 2.48 bits per heavy atom. The summed E-state index contributed by atoms with van der Waals surface area (Å²) >= 11 is 1.71. The van der Waals surface area contributed by atoms with E-state index in [0.717, 1.165) is 43.6 Å². The van der Waals surface area contributed by atoms with Gasteiger partial charge in [0.05, 0.1) is 5.56 Å². The van der Waals surface area contributed by atoms with Crippen LogP contribution in [-0.4, -0.2) is 37.5 Å². The summed E-state index contributed by atoms with van der Waals surface area (Å²) in [7, 11) is 0. The molecule has 2 amide bonds. The number of amides is 2. The van der Waals surface area contributed by atoms with Crippen LogP contribution < -0.4 is 15.5 Å². The van der Waals surface area contributed by atoms with Gasteiger partial charge in [-0.2, -0.15) is 0 Å². The van der Waals surface area contributed by atoms with Crippen LogP contribution in [-0.2, 0) is 11.2 Å². The molecule has 1 aliphatic heterocycles. The first-order valence-electron chi connectivity index (χ1n) is 11.4. The van der Waals surface area contributed by atoms with Crippen molar-refractivity contribution in [3.63, 3.8) is 0 Å². The number of nitrogens with zero attached hydrogens (tertiary/aromatic N) is 1. The fraction of sp³-hybridized carbons (Fsp3) is 0.259. The lowest BCUT2D eigenvalue weighted by Crippen LogP contribution is -2.44. The van der Waals surface area contributed by atoms with Gasteiger partial charge in [-0.25, -0.2) is 0 Å². The van der Waals surface area contributed by atoms with Crippen LogP contribution in [0, 0.1) is 0 Å². The molecule has 0 saturated carbocycles. The molecule has 0 radical (unpaired) electrons. The zero-order chi connectivity index (χ0) is 22.9. The lowest BCUT2D eigenvalue weighted by atomic mass is 10.0. The predicted octanol–water partition coefficient (Wildman–Crippen LogP) is 4.52. The molecule has 0 atom stereocenters. The molecular weight excluding hydrogens is 430 g/mol. The van der Waals surface area contributed by atoms with Gasteiger partial charge in [0.25, 0.3) is 5.91 Å². The summed E-state index contributed by atoms with van der Waals surface area (Å²) in [6.45, 7) is 2.22. The number of carbonyl (C=O) groups is 2. The number of rotatable bonds is 8. The number of anilines is 1. The highest BCUT2D eigenvalue weighted by molar-refractivity contribution is 7.09. The van der Waals surface area contributed by atoms with Crippen molar-refractivity contribution in [2.75, 3.05) is 24.5 Å². The van der Waals surface area contributed by atoms with E-state index in [1.165, 1.54) is 4.88 Å². The fourth-order valence-electron chi connectivity index (χ4n) is 4.04. The minimum atomic E-state index is -0.0668. The van der Waals surface area contributed by atoms with Gasteiger partial charge in [-0.1, -0.05) is 48.5 Å². The Morgan fingerprint density at radius 1 is 0.970 bits per heavy atom. The minimum absolute atomic E-state index is 0.0383. The van der Waals surface area contributed by atoms with Gasteiger partial charge in [0.1, 0.15) is 0 Å². The number of carbonyl (C=O) groups excluding carboxylic acids is 2. The molecule has 2 N–H and O–H groups in total. The van der Waals surface area contributed by atoms with Crippen molar-refractivity contribution in [1.29, 1.82) is 0 Å². The molecule has 0 aliphatic carbocycles. The van der Waals surface area contributed by atoms with Crippen molar-refractivity contribution in [2.24, 2.45) is 0 Å². The summed E-state index contributed by atoms with van der Waals surface area (Å²) in [4.78, 5) is 28.7. The first kappa shape index (κ1) is 22.8. The van der Waals surface area contributed by atoms with E-state index in [1.54, 1.807) is 17.4 Å². The van der Waals surface area contributed by atoms with Gasteiger partial charge in [0.2, 0.25) is 5.91 Å².